The Balaban J connectivity index is 0.00000338. The first-order valence-corrected chi connectivity index (χ1v) is 11.5. The molecule has 1 aliphatic carbocycles. The number of guanidine groups is 1. The number of nitrogens with one attached hydrogen (secondary N) is 2. The topological polar surface area (TPSA) is 56.7 Å². The highest BCUT2D eigenvalue weighted by molar-refractivity contribution is 14.0. The fourth-order valence-electron chi connectivity index (χ4n) is 4.20. The van der Waals surface area contributed by atoms with E-state index in [9.17, 15) is 4.21 Å². The molecule has 1 heterocycles. The Morgan fingerprint density at radius 1 is 1.23 bits per heavy atom. The Kier molecular flexibility index (Phi) is 11.7. The second-order valence-corrected chi connectivity index (χ2v) is 9.81. The van der Waals surface area contributed by atoms with Crippen LogP contribution in [0.4, 0.5) is 0 Å². The van der Waals surface area contributed by atoms with Crippen LogP contribution >= 0.6 is 24.0 Å². The molecule has 2 fully saturated rings. The Labute approximate surface area is 180 Å². The van der Waals surface area contributed by atoms with Crippen molar-refractivity contribution >= 4 is 40.7 Å². The van der Waals surface area contributed by atoms with Gasteiger partial charge in [0, 0.05) is 47.5 Å². The van der Waals surface area contributed by atoms with E-state index in [2.05, 4.69) is 34.4 Å². The summed E-state index contributed by atoms with van der Waals surface area (Å²) in [6.07, 6.45) is 7.07. The number of likely N-dealkylation sites (tertiary alicyclic amines) is 1. The van der Waals surface area contributed by atoms with Crippen molar-refractivity contribution < 1.29 is 4.21 Å². The normalized spacial score (nSPS) is 27.0. The van der Waals surface area contributed by atoms with Crippen molar-refractivity contribution in [3.05, 3.63) is 0 Å². The predicted octanol–water partition coefficient (Wildman–Crippen LogP) is 2.97. The van der Waals surface area contributed by atoms with Crippen LogP contribution in [0.5, 0.6) is 0 Å². The molecule has 0 radical (unpaired) electrons. The maximum Gasteiger partial charge on any atom is 0.191 e. The van der Waals surface area contributed by atoms with Gasteiger partial charge in [0.1, 0.15) is 0 Å². The Morgan fingerprint density at radius 2 is 1.92 bits per heavy atom. The van der Waals surface area contributed by atoms with Crippen molar-refractivity contribution in [2.24, 2.45) is 10.9 Å². The van der Waals surface area contributed by atoms with Gasteiger partial charge in [0.2, 0.25) is 0 Å². The minimum absolute atomic E-state index is 0. The van der Waals surface area contributed by atoms with Gasteiger partial charge in [0.25, 0.3) is 0 Å². The maximum atomic E-state index is 12.1. The molecule has 1 aliphatic heterocycles. The van der Waals surface area contributed by atoms with E-state index in [1.54, 1.807) is 0 Å². The van der Waals surface area contributed by atoms with E-state index in [1.807, 2.05) is 14.0 Å². The molecule has 26 heavy (non-hydrogen) atoms. The average molecular weight is 499 g/mol. The van der Waals surface area contributed by atoms with Gasteiger partial charge in [-0.25, -0.2) is 0 Å². The number of nitrogens with zero attached hydrogens (tertiary/aromatic N) is 2. The lowest BCUT2D eigenvalue weighted by atomic mass is 9.95. The van der Waals surface area contributed by atoms with E-state index < -0.39 is 10.8 Å². The van der Waals surface area contributed by atoms with Crippen molar-refractivity contribution in [1.29, 1.82) is 0 Å². The van der Waals surface area contributed by atoms with Crippen LogP contribution in [0, 0.1) is 5.92 Å². The summed E-state index contributed by atoms with van der Waals surface area (Å²) in [7, 11) is 1.17. The third-order valence-electron chi connectivity index (χ3n) is 5.70. The molecule has 1 saturated heterocycles. The second kappa shape index (κ2) is 12.5. The van der Waals surface area contributed by atoms with E-state index in [-0.39, 0.29) is 24.0 Å². The Morgan fingerprint density at radius 3 is 2.50 bits per heavy atom. The van der Waals surface area contributed by atoms with Crippen molar-refractivity contribution in [2.45, 2.75) is 76.6 Å². The van der Waals surface area contributed by atoms with Crippen LogP contribution in [0.1, 0.15) is 59.3 Å². The van der Waals surface area contributed by atoms with Gasteiger partial charge >= 0.3 is 0 Å². The Bertz CT molecular complexity index is 455. The quantitative estimate of drug-likeness (QED) is 0.322. The first-order chi connectivity index (χ1) is 12.0. The van der Waals surface area contributed by atoms with Crippen molar-refractivity contribution in [3.63, 3.8) is 0 Å². The van der Waals surface area contributed by atoms with Crippen molar-refractivity contribution in [2.75, 3.05) is 32.4 Å². The Hall–Kier alpha value is 0.110. The molecule has 0 spiro atoms. The molecule has 2 N–H and O–H groups in total. The minimum atomic E-state index is -0.677. The molecule has 0 aromatic rings. The largest absolute Gasteiger partial charge is 0.355 e. The molecule has 0 aromatic heterocycles. The zero-order valence-electron chi connectivity index (χ0n) is 17.0. The monoisotopic (exact) mass is 498 g/mol. The molecule has 7 heteroatoms. The summed E-state index contributed by atoms with van der Waals surface area (Å²) in [5, 5.41) is 7.49. The summed E-state index contributed by atoms with van der Waals surface area (Å²) in [4.78, 5) is 7.05. The fourth-order valence-corrected chi connectivity index (χ4v) is 5.55. The molecule has 4 atom stereocenters. The fraction of sp³-hybridized carbons (Fsp3) is 0.947. The molecule has 1 saturated carbocycles. The molecular formula is C19H39IN4OS. The van der Waals surface area contributed by atoms with Crippen LogP contribution in [0.25, 0.3) is 0 Å². The zero-order valence-corrected chi connectivity index (χ0v) is 20.1. The number of rotatable bonds is 7. The third-order valence-corrected chi connectivity index (χ3v) is 7.45. The lowest BCUT2D eigenvalue weighted by Crippen LogP contribution is -2.51. The smallest absolute Gasteiger partial charge is 0.191 e. The first kappa shape index (κ1) is 24.1. The van der Waals surface area contributed by atoms with Crippen LogP contribution in [0.15, 0.2) is 4.99 Å². The maximum absolute atomic E-state index is 12.1. The van der Waals surface area contributed by atoms with E-state index in [0.29, 0.717) is 23.3 Å². The highest BCUT2D eigenvalue weighted by Gasteiger charge is 2.27. The molecule has 4 unspecified atom stereocenters. The molecule has 0 amide bonds. The second-order valence-electron chi connectivity index (χ2n) is 7.81. The molecule has 154 valence electrons. The van der Waals surface area contributed by atoms with E-state index in [0.717, 1.165) is 43.9 Å². The highest BCUT2D eigenvalue weighted by atomic mass is 127. The van der Waals surface area contributed by atoms with Gasteiger partial charge in [-0.2, -0.15) is 0 Å². The van der Waals surface area contributed by atoms with Crippen LogP contribution < -0.4 is 10.6 Å². The van der Waals surface area contributed by atoms with Crippen LogP contribution in [-0.2, 0) is 10.8 Å². The molecule has 2 aliphatic rings. The SMILES string of the molecule is CCS(=O)C1CCCC(NC(=NC)NCC(C(C)C)N2CCCC2)C1.I. The standard InChI is InChI=1S/C19H38N4OS.HI/c1-5-25(24)17-10-8-9-16(13-17)22-19(20-4)21-14-18(15(2)3)23-11-6-7-12-23;/h15-18H,5-14H2,1-4H3,(H2,20,21,22);1H. The van der Waals surface area contributed by atoms with Gasteiger partial charge in [-0.15, -0.1) is 24.0 Å². The van der Waals surface area contributed by atoms with E-state index >= 15 is 0 Å². The van der Waals surface area contributed by atoms with Gasteiger partial charge in [-0.05, 0) is 51.1 Å². The summed E-state index contributed by atoms with van der Waals surface area (Å²) in [5.74, 6) is 2.31. The summed E-state index contributed by atoms with van der Waals surface area (Å²) >= 11 is 0. The van der Waals surface area contributed by atoms with Gasteiger partial charge < -0.3 is 10.6 Å². The van der Waals surface area contributed by atoms with Gasteiger partial charge in [-0.3, -0.25) is 14.1 Å². The molecule has 2 rings (SSSR count). The highest BCUT2D eigenvalue weighted by Crippen LogP contribution is 2.23. The molecule has 5 nitrogen and oxygen atoms in total. The minimum Gasteiger partial charge on any atom is -0.355 e. The number of hydrogen-bond acceptors (Lipinski definition) is 3. The van der Waals surface area contributed by atoms with E-state index in [1.165, 1.54) is 25.9 Å². The van der Waals surface area contributed by atoms with Gasteiger partial charge in [0.15, 0.2) is 5.96 Å². The summed E-state index contributed by atoms with van der Waals surface area (Å²) in [6.45, 7) is 10.0. The van der Waals surface area contributed by atoms with Gasteiger partial charge in [0.05, 0.1) is 0 Å². The first-order valence-electron chi connectivity index (χ1n) is 10.1. The number of halogens is 1. The number of hydrogen-bond donors (Lipinski definition) is 2. The van der Waals surface area contributed by atoms with Crippen molar-refractivity contribution in [3.8, 4) is 0 Å². The van der Waals surface area contributed by atoms with Crippen molar-refractivity contribution in [1.82, 2.24) is 15.5 Å². The van der Waals surface area contributed by atoms with Crippen LogP contribution in [0.3, 0.4) is 0 Å². The van der Waals surface area contributed by atoms with Crippen LogP contribution in [0.2, 0.25) is 0 Å². The third kappa shape index (κ3) is 7.26. The molecule has 0 aromatic carbocycles. The van der Waals surface area contributed by atoms with E-state index in [4.69, 9.17) is 0 Å². The molecule has 0 bridgehead atoms. The van der Waals surface area contributed by atoms with Crippen LogP contribution in [-0.4, -0.2) is 64.8 Å². The lowest BCUT2D eigenvalue weighted by molar-refractivity contribution is 0.192. The molecular weight excluding hydrogens is 459 g/mol. The summed E-state index contributed by atoms with van der Waals surface area (Å²) < 4.78 is 12.1. The zero-order chi connectivity index (χ0) is 18.2. The average Bonchev–Trinajstić information content (AvgIpc) is 3.14. The lowest BCUT2D eigenvalue weighted by Gasteiger charge is -2.33. The summed E-state index contributed by atoms with van der Waals surface area (Å²) in [6, 6.07) is 0.956. The number of aliphatic imine (C=N–C) groups is 1. The van der Waals surface area contributed by atoms with Gasteiger partial charge in [-0.1, -0.05) is 27.2 Å². The predicted molar refractivity (Wildman–Crippen MR) is 124 cm³/mol. The summed E-state index contributed by atoms with van der Waals surface area (Å²) in [5.41, 5.74) is 0.